The van der Waals surface area contributed by atoms with E-state index in [4.69, 9.17) is 0 Å². The van der Waals surface area contributed by atoms with Gasteiger partial charge >= 0.3 is 6.18 Å². The molecule has 22 heavy (non-hydrogen) atoms. The number of alkyl halides is 3. The first-order valence-corrected chi connectivity index (χ1v) is 6.67. The fourth-order valence-electron chi connectivity index (χ4n) is 2.04. The Morgan fingerprint density at radius 1 is 1.23 bits per heavy atom. The molecular weight excluding hydrogens is 319 g/mol. The lowest BCUT2D eigenvalue weighted by atomic mass is 10.3. The standard InChI is InChI=1S/C13H18F3N5.ClH/c1-10(2)21-12(3-5-18-21)8-17-7-11-4-6-20(19-11)9-13(14,15)16;/h3-6,10,17H,7-9H2,1-2H3;1H. The van der Waals surface area contributed by atoms with E-state index in [0.29, 0.717) is 18.8 Å². The highest BCUT2D eigenvalue weighted by Gasteiger charge is 2.28. The van der Waals surface area contributed by atoms with E-state index in [2.05, 4.69) is 15.5 Å². The fourth-order valence-corrected chi connectivity index (χ4v) is 2.04. The van der Waals surface area contributed by atoms with Crippen LogP contribution in [0, 0.1) is 0 Å². The van der Waals surface area contributed by atoms with Gasteiger partial charge in [0.15, 0.2) is 0 Å². The van der Waals surface area contributed by atoms with E-state index in [-0.39, 0.29) is 18.4 Å². The van der Waals surface area contributed by atoms with Gasteiger partial charge in [-0.25, -0.2) is 0 Å². The van der Waals surface area contributed by atoms with Crippen LogP contribution in [0.4, 0.5) is 13.2 Å². The Morgan fingerprint density at radius 3 is 2.59 bits per heavy atom. The Morgan fingerprint density at radius 2 is 1.95 bits per heavy atom. The SMILES string of the molecule is CC(C)n1nccc1CNCc1ccn(CC(F)(F)F)n1.Cl. The normalized spacial score (nSPS) is 11.7. The van der Waals surface area contributed by atoms with Crippen LogP contribution in [-0.4, -0.2) is 25.7 Å². The maximum absolute atomic E-state index is 12.2. The lowest BCUT2D eigenvalue weighted by molar-refractivity contribution is -0.142. The molecule has 0 aliphatic heterocycles. The number of hydrogen-bond donors (Lipinski definition) is 1. The van der Waals surface area contributed by atoms with Crippen molar-refractivity contribution < 1.29 is 13.2 Å². The molecule has 0 saturated carbocycles. The van der Waals surface area contributed by atoms with Crippen LogP contribution >= 0.6 is 12.4 Å². The van der Waals surface area contributed by atoms with E-state index in [0.717, 1.165) is 10.4 Å². The molecule has 0 radical (unpaired) electrons. The van der Waals surface area contributed by atoms with Crippen molar-refractivity contribution >= 4 is 12.4 Å². The topological polar surface area (TPSA) is 47.7 Å². The first-order valence-electron chi connectivity index (χ1n) is 6.67. The van der Waals surface area contributed by atoms with Gasteiger partial charge in [0.2, 0.25) is 0 Å². The van der Waals surface area contributed by atoms with Crippen LogP contribution in [0.1, 0.15) is 31.3 Å². The minimum Gasteiger partial charge on any atom is -0.305 e. The Hall–Kier alpha value is -1.54. The molecule has 0 atom stereocenters. The zero-order valence-corrected chi connectivity index (χ0v) is 13.2. The van der Waals surface area contributed by atoms with Crippen LogP contribution in [-0.2, 0) is 19.6 Å². The zero-order valence-electron chi connectivity index (χ0n) is 12.3. The maximum atomic E-state index is 12.2. The van der Waals surface area contributed by atoms with Crippen LogP contribution in [0.15, 0.2) is 24.5 Å². The first kappa shape index (κ1) is 18.5. The molecule has 2 aromatic rings. The Bertz CT molecular complexity index is 576. The van der Waals surface area contributed by atoms with E-state index in [1.54, 1.807) is 12.3 Å². The summed E-state index contributed by atoms with van der Waals surface area (Å²) in [6.45, 7) is 4.01. The molecule has 124 valence electrons. The predicted octanol–water partition coefficient (Wildman–Crippen LogP) is 2.93. The van der Waals surface area contributed by atoms with Gasteiger partial charge in [-0.05, 0) is 26.0 Å². The van der Waals surface area contributed by atoms with E-state index in [1.807, 2.05) is 24.6 Å². The van der Waals surface area contributed by atoms with Crippen LogP contribution < -0.4 is 5.32 Å². The van der Waals surface area contributed by atoms with Gasteiger partial charge in [-0.3, -0.25) is 9.36 Å². The third-order valence-corrected chi connectivity index (χ3v) is 2.89. The largest absolute Gasteiger partial charge is 0.408 e. The zero-order chi connectivity index (χ0) is 15.5. The van der Waals surface area contributed by atoms with E-state index >= 15 is 0 Å². The summed E-state index contributed by atoms with van der Waals surface area (Å²) >= 11 is 0. The summed E-state index contributed by atoms with van der Waals surface area (Å²) in [5.41, 5.74) is 1.61. The van der Waals surface area contributed by atoms with Gasteiger partial charge in [0.05, 0.1) is 11.4 Å². The van der Waals surface area contributed by atoms with Gasteiger partial charge in [-0.2, -0.15) is 23.4 Å². The minimum atomic E-state index is -4.25. The summed E-state index contributed by atoms with van der Waals surface area (Å²) in [6.07, 6.45) is -1.18. The maximum Gasteiger partial charge on any atom is 0.408 e. The van der Waals surface area contributed by atoms with Crippen LogP contribution in [0.5, 0.6) is 0 Å². The summed E-state index contributed by atoms with van der Waals surface area (Å²) in [5, 5.41) is 11.3. The Balaban J connectivity index is 0.00000242. The second-order valence-electron chi connectivity index (χ2n) is 5.08. The van der Waals surface area contributed by atoms with Crippen LogP contribution in [0.3, 0.4) is 0 Å². The van der Waals surface area contributed by atoms with Crippen molar-refractivity contribution in [3.05, 3.63) is 35.9 Å². The molecular formula is C13H19ClF3N5. The summed E-state index contributed by atoms with van der Waals surface area (Å²) in [4.78, 5) is 0. The number of halogens is 4. The molecule has 5 nitrogen and oxygen atoms in total. The Labute approximate surface area is 132 Å². The molecule has 2 aromatic heterocycles. The predicted molar refractivity (Wildman–Crippen MR) is 78.7 cm³/mol. The van der Waals surface area contributed by atoms with Gasteiger partial charge in [0, 0.05) is 31.5 Å². The van der Waals surface area contributed by atoms with Crippen molar-refractivity contribution in [1.82, 2.24) is 24.9 Å². The average molecular weight is 338 g/mol. The van der Waals surface area contributed by atoms with Crippen molar-refractivity contribution in [2.45, 2.75) is 45.7 Å². The van der Waals surface area contributed by atoms with Crippen molar-refractivity contribution in [3.8, 4) is 0 Å². The summed E-state index contributed by atoms with van der Waals surface area (Å²) in [6, 6.07) is 3.76. The van der Waals surface area contributed by atoms with Crippen LogP contribution in [0.25, 0.3) is 0 Å². The first-order chi connectivity index (χ1) is 9.85. The second kappa shape index (κ2) is 7.64. The Kier molecular flexibility index (Phi) is 6.43. The van der Waals surface area contributed by atoms with Gasteiger partial charge in [-0.1, -0.05) is 0 Å². The van der Waals surface area contributed by atoms with Crippen molar-refractivity contribution in [2.24, 2.45) is 0 Å². The van der Waals surface area contributed by atoms with Crippen molar-refractivity contribution in [3.63, 3.8) is 0 Å². The summed E-state index contributed by atoms with van der Waals surface area (Å²) in [5.74, 6) is 0. The second-order valence-corrected chi connectivity index (χ2v) is 5.08. The molecule has 0 fully saturated rings. The smallest absolute Gasteiger partial charge is 0.305 e. The lowest BCUT2D eigenvalue weighted by Gasteiger charge is -2.11. The van der Waals surface area contributed by atoms with E-state index in [1.165, 1.54) is 6.20 Å². The molecule has 0 aliphatic rings. The molecule has 0 spiro atoms. The molecule has 9 heteroatoms. The van der Waals surface area contributed by atoms with Gasteiger partial charge in [-0.15, -0.1) is 12.4 Å². The number of aromatic nitrogens is 4. The number of rotatable bonds is 6. The third kappa shape index (κ3) is 5.34. The number of hydrogen-bond acceptors (Lipinski definition) is 3. The monoisotopic (exact) mass is 337 g/mol. The number of nitrogens with one attached hydrogen (secondary N) is 1. The van der Waals surface area contributed by atoms with Gasteiger partial charge < -0.3 is 5.32 Å². The molecule has 0 saturated heterocycles. The molecule has 0 aliphatic carbocycles. The van der Waals surface area contributed by atoms with E-state index in [9.17, 15) is 13.2 Å². The molecule has 2 heterocycles. The summed E-state index contributed by atoms with van der Waals surface area (Å²) < 4.78 is 39.5. The molecule has 0 bridgehead atoms. The third-order valence-electron chi connectivity index (χ3n) is 2.89. The highest BCUT2D eigenvalue weighted by Crippen LogP contribution is 2.16. The molecule has 0 aromatic carbocycles. The van der Waals surface area contributed by atoms with Gasteiger partial charge in [0.1, 0.15) is 6.54 Å². The quantitative estimate of drug-likeness (QED) is 0.881. The number of nitrogens with zero attached hydrogens (tertiary/aromatic N) is 4. The summed E-state index contributed by atoms with van der Waals surface area (Å²) in [7, 11) is 0. The van der Waals surface area contributed by atoms with Crippen molar-refractivity contribution in [2.75, 3.05) is 0 Å². The molecule has 2 rings (SSSR count). The van der Waals surface area contributed by atoms with E-state index < -0.39 is 12.7 Å². The lowest BCUT2D eigenvalue weighted by Crippen LogP contribution is -2.19. The molecule has 0 amide bonds. The van der Waals surface area contributed by atoms with Crippen LogP contribution in [0.2, 0.25) is 0 Å². The minimum absolute atomic E-state index is 0. The average Bonchev–Trinajstić information content (AvgIpc) is 2.96. The molecule has 1 N–H and O–H groups in total. The van der Waals surface area contributed by atoms with Gasteiger partial charge in [0.25, 0.3) is 0 Å². The molecule has 0 unspecified atom stereocenters. The fraction of sp³-hybridized carbons (Fsp3) is 0.538. The van der Waals surface area contributed by atoms with Crippen molar-refractivity contribution in [1.29, 1.82) is 0 Å². The highest BCUT2D eigenvalue weighted by molar-refractivity contribution is 5.85. The highest BCUT2D eigenvalue weighted by atomic mass is 35.5.